The van der Waals surface area contributed by atoms with E-state index in [2.05, 4.69) is 31.5 Å². The van der Waals surface area contributed by atoms with Gasteiger partial charge in [0.2, 0.25) is 0 Å². The molecule has 0 saturated carbocycles. The summed E-state index contributed by atoms with van der Waals surface area (Å²) in [5, 5.41) is 10.3. The van der Waals surface area contributed by atoms with Crippen LogP contribution in [0.3, 0.4) is 0 Å². The Morgan fingerprint density at radius 2 is 2.10 bits per heavy atom. The van der Waals surface area contributed by atoms with Crippen molar-refractivity contribution >= 4 is 0 Å². The topological polar surface area (TPSA) is 23.5 Å². The second-order valence-corrected chi connectivity index (χ2v) is 6.30. The third-order valence-corrected chi connectivity index (χ3v) is 4.34. The number of aliphatic hydroxyl groups is 1. The van der Waals surface area contributed by atoms with E-state index in [-0.39, 0.29) is 0 Å². The lowest BCUT2D eigenvalue weighted by atomic mass is 9.85. The van der Waals surface area contributed by atoms with Crippen LogP contribution in [0.5, 0.6) is 0 Å². The third-order valence-electron chi connectivity index (χ3n) is 4.34. The van der Waals surface area contributed by atoms with Crippen LogP contribution < -0.4 is 0 Å². The molecule has 1 aromatic carbocycles. The number of aliphatic hydroxyl groups excluding tert-OH is 1. The highest BCUT2D eigenvalue weighted by Crippen LogP contribution is 2.28. The smallest absolute Gasteiger partial charge is 0.0916 e. The summed E-state index contributed by atoms with van der Waals surface area (Å²) in [5.41, 5.74) is 3.79. The van der Waals surface area contributed by atoms with Gasteiger partial charge in [0.25, 0.3) is 0 Å². The van der Waals surface area contributed by atoms with Crippen LogP contribution in [0.25, 0.3) is 0 Å². The first kappa shape index (κ1) is 16.0. The van der Waals surface area contributed by atoms with Crippen molar-refractivity contribution in [3.05, 3.63) is 59.7 Å². The molecule has 2 atom stereocenters. The van der Waals surface area contributed by atoms with Crippen molar-refractivity contribution in [3.63, 3.8) is 0 Å². The third kappa shape index (κ3) is 4.83. The van der Waals surface area contributed by atoms with Crippen LogP contribution in [-0.4, -0.2) is 30.1 Å². The Morgan fingerprint density at radius 3 is 2.67 bits per heavy atom. The Morgan fingerprint density at radius 1 is 1.38 bits per heavy atom. The van der Waals surface area contributed by atoms with Gasteiger partial charge in [-0.25, -0.2) is 0 Å². The number of nitrogens with zero attached hydrogens (tertiary/aromatic N) is 1. The Bertz CT molecular complexity index is 492. The molecule has 1 aliphatic carbocycles. The van der Waals surface area contributed by atoms with Crippen molar-refractivity contribution in [2.24, 2.45) is 5.92 Å². The normalized spacial score (nSPS) is 20.2. The molecule has 0 heterocycles. The number of likely N-dealkylation sites (N-methyl/N-ethyl adjacent to an activating group) is 1. The van der Waals surface area contributed by atoms with Crippen molar-refractivity contribution in [2.45, 2.75) is 32.3 Å². The van der Waals surface area contributed by atoms with E-state index in [1.54, 1.807) is 0 Å². The molecule has 2 nitrogen and oxygen atoms in total. The molecule has 0 spiro atoms. The Kier molecular flexibility index (Phi) is 5.77. The second kappa shape index (κ2) is 7.58. The Hall–Kier alpha value is -1.38. The number of rotatable bonds is 6. The standard InChI is InChI=1S/C19H27NO/c1-15(2)17-11-9-16(10-12-17)13-20(3)14-19(21)18-7-5-4-6-8-18/h4-9,17,19,21H,1,10-14H2,2-3H3. The minimum atomic E-state index is -0.413. The minimum absolute atomic E-state index is 0.413. The van der Waals surface area contributed by atoms with Gasteiger partial charge in [0.05, 0.1) is 6.10 Å². The van der Waals surface area contributed by atoms with Gasteiger partial charge in [-0.1, -0.05) is 54.1 Å². The van der Waals surface area contributed by atoms with Gasteiger partial charge in [-0.3, -0.25) is 4.90 Å². The molecule has 21 heavy (non-hydrogen) atoms. The zero-order valence-electron chi connectivity index (χ0n) is 13.3. The van der Waals surface area contributed by atoms with Gasteiger partial charge >= 0.3 is 0 Å². The molecular weight excluding hydrogens is 258 g/mol. The largest absolute Gasteiger partial charge is 0.387 e. The fourth-order valence-electron chi connectivity index (χ4n) is 2.97. The summed E-state index contributed by atoms with van der Waals surface area (Å²) < 4.78 is 0. The molecule has 1 aliphatic rings. The predicted molar refractivity (Wildman–Crippen MR) is 89.1 cm³/mol. The van der Waals surface area contributed by atoms with E-state index in [0.29, 0.717) is 12.5 Å². The molecule has 0 radical (unpaired) electrons. The summed E-state index contributed by atoms with van der Waals surface area (Å²) >= 11 is 0. The summed E-state index contributed by atoms with van der Waals surface area (Å²) in [6.45, 7) is 7.82. The second-order valence-electron chi connectivity index (χ2n) is 6.30. The van der Waals surface area contributed by atoms with Gasteiger partial charge < -0.3 is 5.11 Å². The maximum Gasteiger partial charge on any atom is 0.0916 e. The summed E-state index contributed by atoms with van der Waals surface area (Å²) in [7, 11) is 2.08. The predicted octanol–water partition coefficient (Wildman–Crippen LogP) is 3.95. The highest BCUT2D eigenvalue weighted by molar-refractivity contribution is 5.18. The van der Waals surface area contributed by atoms with E-state index in [1.807, 2.05) is 30.3 Å². The molecule has 0 aromatic heterocycles. The lowest BCUT2D eigenvalue weighted by molar-refractivity contribution is 0.130. The average molecular weight is 285 g/mol. The molecule has 1 aromatic rings. The quantitative estimate of drug-likeness (QED) is 0.800. The zero-order valence-corrected chi connectivity index (χ0v) is 13.3. The highest BCUT2D eigenvalue weighted by Gasteiger charge is 2.17. The Balaban J connectivity index is 1.82. The molecule has 0 aliphatic heterocycles. The van der Waals surface area contributed by atoms with Crippen molar-refractivity contribution in [1.29, 1.82) is 0 Å². The van der Waals surface area contributed by atoms with Crippen LogP contribution in [-0.2, 0) is 0 Å². The van der Waals surface area contributed by atoms with Gasteiger partial charge in [0, 0.05) is 13.1 Å². The van der Waals surface area contributed by atoms with E-state index in [0.717, 1.165) is 24.9 Å². The van der Waals surface area contributed by atoms with Crippen LogP contribution in [0.2, 0.25) is 0 Å². The Labute approximate surface area is 128 Å². The molecule has 2 heteroatoms. The summed E-state index contributed by atoms with van der Waals surface area (Å²) in [6, 6.07) is 9.89. The molecule has 114 valence electrons. The first-order valence-corrected chi connectivity index (χ1v) is 7.81. The highest BCUT2D eigenvalue weighted by atomic mass is 16.3. The van der Waals surface area contributed by atoms with Gasteiger partial charge in [-0.05, 0) is 44.7 Å². The first-order valence-electron chi connectivity index (χ1n) is 7.81. The van der Waals surface area contributed by atoms with Crippen molar-refractivity contribution < 1.29 is 5.11 Å². The van der Waals surface area contributed by atoms with E-state index in [9.17, 15) is 5.11 Å². The zero-order chi connectivity index (χ0) is 15.2. The van der Waals surface area contributed by atoms with Crippen LogP contribution >= 0.6 is 0 Å². The SMILES string of the molecule is C=C(C)C1CC=C(CN(C)CC(O)c2ccccc2)CC1. The fourth-order valence-corrected chi connectivity index (χ4v) is 2.97. The number of hydrogen-bond acceptors (Lipinski definition) is 2. The fraction of sp³-hybridized carbons (Fsp3) is 0.474. The molecular formula is C19H27NO. The number of benzene rings is 1. The van der Waals surface area contributed by atoms with Gasteiger partial charge in [0.1, 0.15) is 0 Å². The lowest BCUT2D eigenvalue weighted by Gasteiger charge is -2.26. The molecule has 2 rings (SSSR count). The van der Waals surface area contributed by atoms with Gasteiger partial charge in [-0.2, -0.15) is 0 Å². The maximum absolute atomic E-state index is 10.3. The minimum Gasteiger partial charge on any atom is -0.387 e. The molecule has 0 saturated heterocycles. The van der Waals surface area contributed by atoms with E-state index in [4.69, 9.17) is 0 Å². The van der Waals surface area contributed by atoms with Crippen LogP contribution in [0.4, 0.5) is 0 Å². The molecule has 2 unspecified atom stereocenters. The molecule has 0 amide bonds. The van der Waals surface area contributed by atoms with E-state index < -0.39 is 6.10 Å². The number of allylic oxidation sites excluding steroid dienone is 2. The summed E-state index contributed by atoms with van der Waals surface area (Å²) in [5.74, 6) is 0.661. The molecule has 1 N–H and O–H groups in total. The maximum atomic E-state index is 10.3. The van der Waals surface area contributed by atoms with Crippen LogP contribution in [0.1, 0.15) is 37.9 Å². The summed E-state index contributed by atoms with van der Waals surface area (Å²) in [4.78, 5) is 2.21. The monoisotopic (exact) mass is 285 g/mol. The first-order chi connectivity index (χ1) is 10.1. The van der Waals surface area contributed by atoms with Crippen molar-refractivity contribution in [1.82, 2.24) is 4.90 Å². The van der Waals surface area contributed by atoms with Crippen LogP contribution in [0.15, 0.2) is 54.1 Å². The molecule has 0 fully saturated rings. The van der Waals surface area contributed by atoms with Crippen molar-refractivity contribution in [3.8, 4) is 0 Å². The number of hydrogen-bond donors (Lipinski definition) is 1. The van der Waals surface area contributed by atoms with E-state index in [1.165, 1.54) is 17.6 Å². The van der Waals surface area contributed by atoms with E-state index >= 15 is 0 Å². The van der Waals surface area contributed by atoms with Gasteiger partial charge in [-0.15, -0.1) is 0 Å². The van der Waals surface area contributed by atoms with Crippen LogP contribution in [0, 0.1) is 5.92 Å². The lowest BCUT2D eigenvalue weighted by Crippen LogP contribution is -2.27. The molecule has 0 bridgehead atoms. The van der Waals surface area contributed by atoms with Crippen molar-refractivity contribution in [2.75, 3.05) is 20.1 Å². The summed E-state index contributed by atoms with van der Waals surface area (Å²) in [6.07, 6.45) is 5.46. The van der Waals surface area contributed by atoms with Gasteiger partial charge in [0.15, 0.2) is 0 Å². The average Bonchev–Trinajstić information content (AvgIpc) is 2.48.